The first kappa shape index (κ1) is 15.4. The van der Waals surface area contributed by atoms with Gasteiger partial charge in [-0.2, -0.15) is 0 Å². The number of hydrogen-bond donors (Lipinski definition) is 1. The van der Waals surface area contributed by atoms with Crippen LogP contribution in [0.25, 0.3) is 0 Å². The molecule has 0 aromatic carbocycles. The lowest BCUT2D eigenvalue weighted by molar-refractivity contribution is -0.384. The molecule has 2 aromatic rings. The van der Waals surface area contributed by atoms with Crippen LogP contribution in [0.15, 0.2) is 30.7 Å². The van der Waals surface area contributed by atoms with Crippen molar-refractivity contribution in [3.05, 3.63) is 46.7 Å². The van der Waals surface area contributed by atoms with Gasteiger partial charge in [0.25, 0.3) is 0 Å². The lowest BCUT2D eigenvalue weighted by Crippen LogP contribution is -2.35. The molecule has 8 heteroatoms. The molecule has 3 rings (SSSR count). The number of hydrogen-bond acceptors (Lipinski definition) is 6. The molecule has 1 saturated heterocycles. The third-order valence-electron chi connectivity index (χ3n) is 3.97. The molecule has 2 aromatic heterocycles. The Labute approximate surface area is 133 Å². The van der Waals surface area contributed by atoms with E-state index in [2.05, 4.69) is 15.3 Å². The summed E-state index contributed by atoms with van der Waals surface area (Å²) in [4.78, 5) is 19.2. The zero-order valence-electron chi connectivity index (χ0n) is 12.9. The number of imidazole rings is 1. The SMILES string of the molecule is CCn1ccnc1[C@H]1OCCC[C@@H]1Nc1ncccc1[N+](=O)[O-]. The van der Waals surface area contributed by atoms with Crippen LogP contribution in [0.4, 0.5) is 11.5 Å². The summed E-state index contributed by atoms with van der Waals surface area (Å²) in [5, 5.41) is 14.3. The van der Waals surface area contributed by atoms with Crippen LogP contribution in [0.3, 0.4) is 0 Å². The van der Waals surface area contributed by atoms with Gasteiger partial charge in [0.1, 0.15) is 11.9 Å². The molecule has 0 aliphatic carbocycles. The Morgan fingerprint density at radius 3 is 3.13 bits per heavy atom. The standard InChI is InChI=1S/C15H19N5O3/c1-2-19-9-8-17-15(19)13-11(5-4-10-23-13)18-14-12(20(21)22)6-3-7-16-14/h3,6-9,11,13H,2,4-5,10H2,1H3,(H,16,18)/t11-,13-/m0/s1. The van der Waals surface area contributed by atoms with Gasteiger partial charge in [-0.15, -0.1) is 0 Å². The molecule has 0 unspecified atom stereocenters. The quantitative estimate of drug-likeness (QED) is 0.672. The molecule has 23 heavy (non-hydrogen) atoms. The van der Waals surface area contributed by atoms with Gasteiger partial charge < -0.3 is 14.6 Å². The van der Waals surface area contributed by atoms with Crippen molar-refractivity contribution in [2.75, 3.05) is 11.9 Å². The number of nitro groups is 1. The van der Waals surface area contributed by atoms with Crippen molar-refractivity contribution in [3.63, 3.8) is 0 Å². The van der Waals surface area contributed by atoms with Crippen molar-refractivity contribution < 1.29 is 9.66 Å². The molecule has 3 heterocycles. The summed E-state index contributed by atoms with van der Waals surface area (Å²) < 4.78 is 7.93. The molecule has 1 N–H and O–H groups in total. The zero-order chi connectivity index (χ0) is 16.2. The van der Waals surface area contributed by atoms with E-state index in [1.54, 1.807) is 18.5 Å². The van der Waals surface area contributed by atoms with Gasteiger partial charge in [-0.25, -0.2) is 9.97 Å². The van der Waals surface area contributed by atoms with E-state index in [1.807, 2.05) is 17.7 Å². The highest BCUT2D eigenvalue weighted by atomic mass is 16.6. The van der Waals surface area contributed by atoms with Gasteiger partial charge >= 0.3 is 5.69 Å². The lowest BCUT2D eigenvalue weighted by atomic mass is 10.0. The highest BCUT2D eigenvalue weighted by molar-refractivity contribution is 5.55. The minimum absolute atomic E-state index is 0.0318. The maximum Gasteiger partial charge on any atom is 0.311 e. The molecule has 8 nitrogen and oxygen atoms in total. The first-order valence-corrected chi connectivity index (χ1v) is 7.69. The van der Waals surface area contributed by atoms with E-state index in [4.69, 9.17) is 4.74 Å². The lowest BCUT2D eigenvalue weighted by Gasteiger charge is -2.32. The van der Waals surface area contributed by atoms with Crippen LogP contribution in [0.5, 0.6) is 0 Å². The molecule has 0 saturated carbocycles. The van der Waals surface area contributed by atoms with Gasteiger partial charge in [-0.3, -0.25) is 10.1 Å². The topological polar surface area (TPSA) is 95.1 Å². The van der Waals surface area contributed by atoms with Crippen LogP contribution in [-0.2, 0) is 11.3 Å². The minimum Gasteiger partial charge on any atom is -0.368 e. The monoisotopic (exact) mass is 317 g/mol. The molecule has 1 aliphatic rings. The Morgan fingerprint density at radius 2 is 2.35 bits per heavy atom. The maximum absolute atomic E-state index is 11.2. The fourth-order valence-electron chi connectivity index (χ4n) is 2.86. The largest absolute Gasteiger partial charge is 0.368 e. The summed E-state index contributed by atoms with van der Waals surface area (Å²) >= 11 is 0. The first-order chi connectivity index (χ1) is 11.2. The molecule has 122 valence electrons. The second kappa shape index (κ2) is 6.74. The molecule has 2 atom stereocenters. The Balaban J connectivity index is 1.87. The van der Waals surface area contributed by atoms with Crippen molar-refractivity contribution in [2.45, 2.75) is 38.5 Å². The van der Waals surface area contributed by atoms with Crippen LogP contribution in [-0.4, -0.2) is 32.1 Å². The number of nitrogens with one attached hydrogen (secondary N) is 1. The summed E-state index contributed by atoms with van der Waals surface area (Å²) in [6, 6.07) is 2.90. The third-order valence-corrected chi connectivity index (χ3v) is 3.97. The summed E-state index contributed by atoms with van der Waals surface area (Å²) in [7, 11) is 0. The number of ether oxygens (including phenoxy) is 1. The van der Waals surface area contributed by atoms with Gasteiger partial charge in [0.2, 0.25) is 5.82 Å². The number of rotatable bonds is 5. The van der Waals surface area contributed by atoms with Gasteiger partial charge in [0.15, 0.2) is 0 Å². The van der Waals surface area contributed by atoms with E-state index in [0.717, 1.165) is 25.2 Å². The van der Waals surface area contributed by atoms with Crippen molar-refractivity contribution in [3.8, 4) is 0 Å². The fraction of sp³-hybridized carbons (Fsp3) is 0.467. The van der Waals surface area contributed by atoms with E-state index < -0.39 is 4.92 Å². The Morgan fingerprint density at radius 1 is 1.48 bits per heavy atom. The van der Waals surface area contributed by atoms with Crippen LogP contribution in [0.2, 0.25) is 0 Å². The number of anilines is 1. The van der Waals surface area contributed by atoms with Gasteiger partial charge in [-0.05, 0) is 25.8 Å². The van der Waals surface area contributed by atoms with Gasteiger partial charge in [0, 0.05) is 37.8 Å². The van der Waals surface area contributed by atoms with E-state index in [-0.39, 0.29) is 23.7 Å². The molecule has 0 radical (unpaired) electrons. The first-order valence-electron chi connectivity index (χ1n) is 7.69. The van der Waals surface area contributed by atoms with E-state index in [1.165, 1.54) is 6.07 Å². The van der Waals surface area contributed by atoms with E-state index in [9.17, 15) is 10.1 Å². The average molecular weight is 317 g/mol. The molecule has 1 aliphatic heterocycles. The Bertz CT molecular complexity index is 687. The number of pyridine rings is 1. The number of aryl methyl sites for hydroxylation is 1. The van der Waals surface area contributed by atoms with Crippen molar-refractivity contribution in [2.24, 2.45) is 0 Å². The predicted octanol–water partition coefficient (Wildman–Crippen LogP) is 2.54. The van der Waals surface area contributed by atoms with Crippen molar-refractivity contribution >= 4 is 11.5 Å². The highest BCUT2D eigenvalue weighted by Crippen LogP contribution is 2.31. The van der Waals surface area contributed by atoms with Crippen LogP contribution < -0.4 is 5.32 Å². The summed E-state index contributed by atoms with van der Waals surface area (Å²) in [5.41, 5.74) is -0.0318. The molecular formula is C15H19N5O3. The molecule has 0 amide bonds. The maximum atomic E-state index is 11.2. The van der Waals surface area contributed by atoms with Crippen molar-refractivity contribution in [1.82, 2.24) is 14.5 Å². The van der Waals surface area contributed by atoms with Crippen molar-refractivity contribution in [1.29, 1.82) is 0 Å². The molecule has 0 bridgehead atoms. The molecular weight excluding hydrogens is 298 g/mol. The smallest absolute Gasteiger partial charge is 0.311 e. The zero-order valence-corrected chi connectivity index (χ0v) is 12.9. The Kier molecular flexibility index (Phi) is 4.52. The summed E-state index contributed by atoms with van der Waals surface area (Å²) in [5.74, 6) is 1.11. The van der Waals surface area contributed by atoms with Gasteiger partial charge in [-0.1, -0.05) is 0 Å². The molecule has 0 spiro atoms. The third kappa shape index (κ3) is 3.16. The Hall–Kier alpha value is -2.48. The second-order valence-corrected chi connectivity index (χ2v) is 5.38. The number of aromatic nitrogens is 3. The summed E-state index contributed by atoms with van der Waals surface area (Å²) in [6.45, 7) is 3.50. The van der Waals surface area contributed by atoms with Gasteiger partial charge in [0.05, 0.1) is 11.0 Å². The summed E-state index contributed by atoms with van der Waals surface area (Å²) in [6.07, 6.45) is 6.68. The van der Waals surface area contributed by atoms with Crippen LogP contribution >= 0.6 is 0 Å². The minimum atomic E-state index is -0.430. The van der Waals surface area contributed by atoms with E-state index in [0.29, 0.717) is 6.61 Å². The van der Waals surface area contributed by atoms with E-state index >= 15 is 0 Å². The highest BCUT2D eigenvalue weighted by Gasteiger charge is 2.32. The molecule has 1 fully saturated rings. The number of nitrogens with zero attached hydrogens (tertiary/aromatic N) is 4. The average Bonchev–Trinajstić information content (AvgIpc) is 3.04. The fourth-order valence-corrected chi connectivity index (χ4v) is 2.86. The van der Waals surface area contributed by atoms with Crippen LogP contribution in [0, 0.1) is 10.1 Å². The second-order valence-electron chi connectivity index (χ2n) is 5.38. The van der Waals surface area contributed by atoms with Crippen LogP contribution in [0.1, 0.15) is 31.7 Å². The normalized spacial score (nSPS) is 21.1. The predicted molar refractivity (Wildman–Crippen MR) is 84.1 cm³/mol.